The molecule has 0 bridgehead atoms. The molecule has 0 radical (unpaired) electrons. The molecule has 0 aliphatic rings. The molecule has 2 atom stereocenters. The summed E-state index contributed by atoms with van der Waals surface area (Å²) in [5.74, 6) is -0.212. The van der Waals surface area contributed by atoms with Crippen LogP contribution in [0.15, 0.2) is 24.3 Å². The van der Waals surface area contributed by atoms with E-state index >= 15 is 0 Å². The highest BCUT2D eigenvalue weighted by atomic mass is 19.1. The van der Waals surface area contributed by atoms with E-state index in [9.17, 15) is 4.39 Å². The van der Waals surface area contributed by atoms with Gasteiger partial charge in [-0.25, -0.2) is 4.39 Å². The number of halogens is 1. The summed E-state index contributed by atoms with van der Waals surface area (Å²) >= 11 is 0. The molecule has 1 aromatic carbocycles. The van der Waals surface area contributed by atoms with Gasteiger partial charge in [0, 0.05) is 12.1 Å². The molecular formula is C14H19FN2. The zero-order valence-corrected chi connectivity index (χ0v) is 10.4. The fraction of sp³-hybridized carbons (Fsp3) is 0.500. The van der Waals surface area contributed by atoms with E-state index in [-0.39, 0.29) is 17.9 Å². The van der Waals surface area contributed by atoms with Crippen LogP contribution in [0, 0.1) is 17.1 Å². The van der Waals surface area contributed by atoms with Gasteiger partial charge >= 0.3 is 0 Å². The van der Waals surface area contributed by atoms with Crippen LogP contribution in [0.25, 0.3) is 0 Å². The zero-order valence-electron chi connectivity index (χ0n) is 10.4. The molecule has 0 spiro atoms. The van der Waals surface area contributed by atoms with Crippen molar-refractivity contribution in [2.75, 3.05) is 0 Å². The maximum Gasteiger partial charge on any atom is 0.123 e. The van der Waals surface area contributed by atoms with Crippen LogP contribution in [0.3, 0.4) is 0 Å². The molecule has 2 nitrogen and oxygen atoms in total. The van der Waals surface area contributed by atoms with Crippen LogP contribution in [0.2, 0.25) is 0 Å². The van der Waals surface area contributed by atoms with Crippen LogP contribution in [0.1, 0.15) is 44.7 Å². The Labute approximate surface area is 102 Å². The van der Waals surface area contributed by atoms with Crippen molar-refractivity contribution in [3.8, 4) is 6.07 Å². The molecule has 1 aromatic rings. The summed E-state index contributed by atoms with van der Waals surface area (Å²) in [6.07, 6.45) is 2.27. The molecule has 0 aliphatic carbocycles. The Morgan fingerprint density at radius 1 is 1.35 bits per heavy atom. The molecule has 0 saturated carbocycles. The van der Waals surface area contributed by atoms with E-state index in [1.54, 1.807) is 12.1 Å². The lowest BCUT2D eigenvalue weighted by molar-refractivity contribution is 0.418. The van der Waals surface area contributed by atoms with Crippen molar-refractivity contribution in [1.29, 1.82) is 5.26 Å². The molecule has 0 heterocycles. The third kappa shape index (κ3) is 4.16. The summed E-state index contributed by atoms with van der Waals surface area (Å²) in [4.78, 5) is 0. The largest absolute Gasteiger partial charge is 0.306 e. The number of nitrogens with one attached hydrogen (secondary N) is 1. The maximum atomic E-state index is 13.2. The fourth-order valence-corrected chi connectivity index (χ4v) is 1.89. The normalized spacial score (nSPS) is 14.0. The second-order valence-corrected chi connectivity index (χ2v) is 4.15. The summed E-state index contributed by atoms with van der Waals surface area (Å²) in [5, 5.41) is 12.1. The molecule has 2 unspecified atom stereocenters. The Morgan fingerprint density at radius 2 is 2.12 bits per heavy atom. The van der Waals surface area contributed by atoms with E-state index in [4.69, 9.17) is 5.26 Å². The van der Waals surface area contributed by atoms with Crippen LogP contribution >= 0.6 is 0 Å². The first-order valence-electron chi connectivity index (χ1n) is 6.09. The molecule has 0 saturated heterocycles. The predicted molar refractivity (Wildman–Crippen MR) is 66.9 cm³/mol. The van der Waals surface area contributed by atoms with Gasteiger partial charge in [0.2, 0.25) is 0 Å². The Balaban J connectivity index is 2.74. The van der Waals surface area contributed by atoms with Crippen molar-refractivity contribution in [3.63, 3.8) is 0 Å². The average molecular weight is 234 g/mol. The van der Waals surface area contributed by atoms with E-state index in [1.807, 2.05) is 13.0 Å². The van der Waals surface area contributed by atoms with Gasteiger partial charge in [0.1, 0.15) is 5.82 Å². The van der Waals surface area contributed by atoms with Gasteiger partial charge in [-0.05, 0) is 30.5 Å². The average Bonchev–Trinajstić information content (AvgIpc) is 2.34. The standard InChI is InChI=1S/C14H19FN2/c1-3-13(8-9-16)17-14(4-2)11-6-5-7-12(15)10-11/h5-7,10,13-14,17H,3-4,8H2,1-2H3. The van der Waals surface area contributed by atoms with Crippen molar-refractivity contribution in [1.82, 2.24) is 5.32 Å². The maximum absolute atomic E-state index is 13.2. The summed E-state index contributed by atoms with van der Waals surface area (Å²) in [6.45, 7) is 4.11. The molecule has 1 N–H and O–H groups in total. The van der Waals surface area contributed by atoms with E-state index in [0.29, 0.717) is 6.42 Å². The summed E-state index contributed by atoms with van der Waals surface area (Å²) in [7, 11) is 0. The zero-order chi connectivity index (χ0) is 12.7. The lowest BCUT2D eigenvalue weighted by atomic mass is 10.0. The highest BCUT2D eigenvalue weighted by Gasteiger charge is 2.14. The van der Waals surface area contributed by atoms with Gasteiger partial charge in [0.05, 0.1) is 12.5 Å². The van der Waals surface area contributed by atoms with Gasteiger partial charge in [-0.2, -0.15) is 5.26 Å². The minimum atomic E-state index is -0.212. The smallest absolute Gasteiger partial charge is 0.123 e. The summed E-state index contributed by atoms with van der Waals surface area (Å²) in [5.41, 5.74) is 0.948. The molecule has 0 fully saturated rings. The van der Waals surface area contributed by atoms with Crippen LogP contribution < -0.4 is 5.32 Å². The van der Waals surface area contributed by atoms with Crippen molar-refractivity contribution in [2.45, 2.75) is 45.2 Å². The van der Waals surface area contributed by atoms with Crippen LogP contribution in [-0.4, -0.2) is 6.04 Å². The highest BCUT2D eigenvalue weighted by molar-refractivity contribution is 5.20. The second kappa shape index (κ2) is 7.03. The molecule has 3 heteroatoms. The molecule has 0 aromatic heterocycles. The van der Waals surface area contributed by atoms with Gasteiger partial charge < -0.3 is 5.32 Å². The molecule has 0 amide bonds. The number of benzene rings is 1. The van der Waals surface area contributed by atoms with E-state index < -0.39 is 0 Å². The number of rotatable bonds is 6. The summed E-state index contributed by atoms with van der Waals surface area (Å²) < 4.78 is 13.2. The number of nitriles is 1. The Kier molecular flexibility index (Phi) is 5.65. The first-order valence-corrected chi connectivity index (χ1v) is 6.09. The van der Waals surface area contributed by atoms with E-state index in [2.05, 4.69) is 18.3 Å². The van der Waals surface area contributed by atoms with Crippen LogP contribution in [0.5, 0.6) is 0 Å². The number of hydrogen-bond donors (Lipinski definition) is 1. The molecule has 0 aliphatic heterocycles. The fourth-order valence-electron chi connectivity index (χ4n) is 1.89. The number of hydrogen-bond acceptors (Lipinski definition) is 2. The van der Waals surface area contributed by atoms with Crippen LogP contribution in [-0.2, 0) is 0 Å². The van der Waals surface area contributed by atoms with E-state index in [0.717, 1.165) is 18.4 Å². The van der Waals surface area contributed by atoms with Gasteiger partial charge in [0.15, 0.2) is 0 Å². The molecule has 17 heavy (non-hydrogen) atoms. The second-order valence-electron chi connectivity index (χ2n) is 4.15. The lowest BCUT2D eigenvalue weighted by Crippen LogP contribution is -2.31. The predicted octanol–water partition coefficient (Wildman–Crippen LogP) is 3.56. The van der Waals surface area contributed by atoms with Crippen LogP contribution in [0.4, 0.5) is 4.39 Å². The van der Waals surface area contributed by atoms with Crippen molar-refractivity contribution < 1.29 is 4.39 Å². The molecule has 1 rings (SSSR count). The van der Waals surface area contributed by atoms with Crippen molar-refractivity contribution >= 4 is 0 Å². The first kappa shape index (κ1) is 13.7. The Bertz CT molecular complexity index is 384. The minimum absolute atomic E-state index is 0.115. The van der Waals surface area contributed by atoms with Gasteiger partial charge in [-0.15, -0.1) is 0 Å². The third-order valence-corrected chi connectivity index (χ3v) is 2.93. The minimum Gasteiger partial charge on any atom is -0.306 e. The van der Waals surface area contributed by atoms with E-state index in [1.165, 1.54) is 6.07 Å². The monoisotopic (exact) mass is 234 g/mol. The third-order valence-electron chi connectivity index (χ3n) is 2.93. The molecular weight excluding hydrogens is 215 g/mol. The first-order chi connectivity index (χ1) is 8.21. The quantitative estimate of drug-likeness (QED) is 0.817. The SMILES string of the molecule is CCC(CC#N)NC(CC)c1cccc(F)c1. The summed E-state index contributed by atoms with van der Waals surface area (Å²) in [6, 6.07) is 9.11. The molecule has 92 valence electrons. The van der Waals surface area contributed by atoms with Crippen molar-refractivity contribution in [3.05, 3.63) is 35.6 Å². The Morgan fingerprint density at radius 3 is 2.65 bits per heavy atom. The van der Waals surface area contributed by atoms with Gasteiger partial charge in [-0.1, -0.05) is 26.0 Å². The Hall–Kier alpha value is -1.40. The van der Waals surface area contributed by atoms with Gasteiger partial charge in [0.25, 0.3) is 0 Å². The number of nitrogens with zero attached hydrogens (tertiary/aromatic N) is 1. The lowest BCUT2D eigenvalue weighted by Gasteiger charge is -2.23. The highest BCUT2D eigenvalue weighted by Crippen LogP contribution is 2.19. The van der Waals surface area contributed by atoms with Crippen molar-refractivity contribution in [2.24, 2.45) is 0 Å². The van der Waals surface area contributed by atoms with Gasteiger partial charge in [-0.3, -0.25) is 0 Å². The topological polar surface area (TPSA) is 35.8 Å².